The molecule has 0 radical (unpaired) electrons. The van der Waals surface area contributed by atoms with Crippen LogP contribution in [0.2, 0.25) is 0 Å². The van der Waals surface area contributed by atoms with E-state index in [0.717, 1.165) is 0 Å². The van der Waals surface area contributed by atoms with E-state index in [9.17, 15) is 117 Å². The summed E-state index contributed by atoms with van der Waals surface area (Å²) in [5.74, 6) is -1.39. The molecule has 7 aliphatic heterocycles. The molecular formula is C63H102O38. The van der Waals surface area contributed by atoms with Gasteiger partial charge in [-0.05, 0) is 86.0 Å². The van der Waals surface area contributed by atoms with Crippen molar-refractivity contribution in [1.29, 1.82) is 0 Å². The third-order valence-electron chi connectivity index (χ3n) is 24.4. The molecule has 4 saturated carbocycles. The Morgan fingerprint density at radius 2 is 0.762 bits per heavy atom. The maximum Gasteiger partial charge on any atom is 0.314 e. The molecule has 11 fully saturated rings. The molecule has 11 aliphatic rings. The molecular weight excluding hydrogens is 1360 g/mol. The second-order valence-electron chi connectivity index (χ2n) is 29.8. The van der Waals surface area contributed by atoms with Crippen LogP contribution in [-0.2, 0) is 71.1 Å². The Kier molecular flexibility index (Phi) is 24.5. The molecule has 101 heavy (non-hydrogen) atoms. The standard InChI is InChI=1S/C63H102O38/c1-21-12-62-9-6-29-59(2,58(87)100-56-49(98-53-44(84)39(79)32(72)24(15-66)91-53)47(35(75)26(17-68)93-56)96-52-43(83)38(78)31(71)23(14-65)90-52)7-5-8-60(29,3)61(62,4)10-11-63(21,20-62)101-57-50(99-54-45(85)40(80)33(73)25(16-67)92-54)48(36(76)27(18-69)94-57)97-55-46(86)41(81)34(74)28(95-55)19-88-51-42(82)37(77)30(70)22(13-64)89-51/h22-57,64-86H,1,5-20H2,2-4H3/t22?,23?,24?,25?,26?,27?,28?,29?,30?,31?,32?,33?,34?,35?,36?,37?,38?,39?,40?,41?,42?,43?,44?,45?,46?,47?,48?,49?,50?,51?,52?,53?,54?,55?,56?,57?,59-,60-,61+,62?,63+/m1/s1. The van der Waals surface area contributed by atoms with Crippen LogP contribution in [0.25, 0.3) is 0 Å². The summed E-state index contributed by atoms with van der Waals surface area (Å²) in [4.78, 5) is 15.6. The van der Waals surface area contributed by atoms with E-state index in [0.29, 0.717) is 44.1 Å². The number of hydrogen-bond donors (Lipinski definition) is 23. The zero-order valence-electron chi connectivity index (χ0n) is 55.7. The first kappa shape index (κ1) is 79.8. The van der Waals surface area contributed by atoms with Gasteiger partial charge in [0.05, 0.1) is 57.3 Å². The van der Waals surface area contributed by atoms with E-state index in [4.69, 9.17) is 66.3 Å². The zero-order valence-corrected chi connectivity index (χ0v) is 55.7. The fourth-order valence-electron chi connectivity index (χ4n) is 18.1. The molecule has 37 unspecified atom stereocenters. The van der Waals surface area contributed by atoms with Crippen LogP contribution >= 0.6 is 0 Å². The first-order valence-electron chi connectivity index (χ1n) is 34.3. The molecule has 4 aliphatic carbocycles. The van der Waals surface area contributed by atoms with Crippen molar-refractivity contribution in [2.24, 2.45) is 27.6 Å². The predicted molar refractivity (Wildman–Crippen MR) is 322 cm³/mol. The summed E-state index contributed by atoms with van der Waals surface area (Å²) < 4.78 is 84.9. The number of aliphatic hydroxyl groups is 23. The molecule has 1 spiro atoms. The monoisotopic (exact) mass is 1470 g/mol. The molecule has 0 amide bonds. The van der Waals surface area contributed by atoms with Crippen molar-refractivity contribution >= 4 is 5.97 Å². The second-order valence-corrected chi connectivity index (χ2v) is 29.8. The highest BCUT2D eigenvalue weighted by molar-refractivity contribution is 5.77. The number of rotatable bonds is 21. The summed E-state index contributed by atoms with van der Waals surface area (Å²) >= 11 is 0. The van der Waals surface area contributed by atoms with Crippen LogP contribution in [0.15, 0.2) is 12.2 Å². The van der Waals surface area contributed by atoms with Crippen molar-refractivity contribution in [2.75, 3.05) is 46.2 Å². The van der Waals surface area contributed by atoms with Gasteiger partial charge in [-0.2, -0.15) is 0 Å². The van der Waals surface area contributed by atoms with E-state index in [-0.39, 0.29) is 19.3 Å². The molecule has 11 rings (SSSR count). The normalized spacial score (nSPS) is 54.8. The van der Waals surface area contributed by atoms with Crippen molar-refractivity contribution < 1.29 is 189 Å². The van der Waals surface area contributed by atoms with E-state index in [1.807, 2.05) is 0 Å². The maximum atomic E-state index is 15.6. The minimum absolute atomic E-state index is 0.163. The lowest BCUT2D eigenvalue weighted by atomic mass is 9.35. The Hall–Kier alpha value is -2.23. The topological polar surface area (TPSA) is 612 Å². The average molecular weight is 1470 g/mol. The number of ether oxygens (including phenoxy) is 14. The van der Waals surface area contributed by atoms with Crippen LogP contribution in [0.1, 0.15) is 78.6 Å². The predicted octanol–water partition coefficient (Wildman–Crippen LogP) is -11.3. The van der Waals surface area contributed by atoms with Gasteiger partial charge in [0.25, 0.3) is 0 Å². The quantitative estimate of drug-likeness (QED) is 0.0288. The number of aliphatic hydroxyl groups excluding tert-OH is 23. The molecule has 0 aromatic carbocycles. The van der Waals surface area contributed by atoms with Crippen molar-refractivity contribution in [3.63, 3.8) is 0 Å². The first-order chi connectivity index (χ1) is 47.7. The minimum atomic E-state index is -2.17. The highest BCUT2D eigenvalue weighted by Crippen LogP contribution is 2.79. The second kappa shape index (κ2) is 31.0. The Balaban J connectivity index is 0.865. The lowest BCUT2D eigenvalue weighted by Crippen LogP contribution is -2.68. The van der Waals surface area contributed by atoms with Crippen LogP contribution in [0, 0.1) is 27.6 Å². The summed E-state index contributed by atoms with van der Waals surface area (Å²) in [5, 5.41) is 249. The third-order valence-corrected chi connectivity index (χ3v) is 24.4. The molecule has 7 heterocycles. The summed E-state index contributed by atoms with van der Waals surface area (Å²) in [6, 6.07) is 0. The van der Waals surface area contributed by atoms with Crippen LogP contribution < -0.4 is 0 Å². The van der Waals surface area contributed by atoms with Gasteiger partial charge in [0.2, 0.25) is 6.29 Å². The largest absolute Gasteiger partial charge is 0.432 e. The van der Waals surface area contributed by atoms with Crippen molar-refractivity contribution in [3.8, 4) is 0 Å². The molecule has 0 aromatic heterocycles. The summed E-state index contributed by atoms with van der Waals surface area (Å²) in [7, 11) is 0. The van der Waals surface area contributed by atoms with Crippen molar-refractivity contribution in [3.05, 3.63) is 12.2 Å². The average Bonchev–Trinajstić information content (AvgIpc) is 1.59. The molecule has 582 valence electrons. The van der Waals surface area contributed by atoms with Crippen LogP contribution in [-0.4, -0.2) is 390 Å². The lowest BCUT2D eigenvalue weighted by molar-refractivity contribution is -0.401. The summed E-state index contributed by atoms with van der Waals surface area (Å²) in [6.45, 7) is 4.21. The summed E-state index contributed by atoms with van der Waals surface area (Å²) in [5.41, 5.74) is -4.41. The Bertz CT molecular complexity index is 2780. The van der Waals surface area contributed by atoms with E-state index in [1.54, 1.807) is 6.92 Å². The Labute approximate surface area is 578 Å². The number of hydrogen-bond acceptors (Lipinski definition) is 38. The molecule has 7 saturated heterocycles. The highest BCUT2D eigenvalue weighted by Gasteiger charge is 2.74. The van der Waals surface area contributed by atoms with Gasteiger partial charge in [0.1, 0.15) is 165 Å². The number of carbonyl (C=O) groups excluding carboxylic acids is 1. The molecule has 41 atom stereocenters. The molecule has 23 N–H and O–H groups in total. The number of esters is 1. The Morgan fingerprint density at radius 3 is 1.20 bits per heavy atom. The smallest absolute Gasteiger partial charge is 0.314 e. The van der Waals surface area contributed by atoms with E-state index < -0.39 is 300 Å². The molecule has 38 nitrogen and oxygen atoms in total. The van der Waals surface area contributed by atoms with Gasteiger partial charge in [-0.25, -0.2) is 0 Å². The van der Waals surface area contributed by atoms with E-state index >= 15 is 4.79 Å². The number of fused-ring (bicyclic) bond motifs is 3. The fraction of sp³-hybridized carbons (Fsp3) is 0.952. The van der Waals surface area contributed by atoms with Crippen LogP contribution in [0.5, 0.6) is 0 Å². The van der Waals surface area contributed by atoms with Crippen molar-refractivity contribution in [1.82, 2.24) is 0 Å². The van der Waals surface area contributed by atoms with Gasteiger partial charge in [-0.1, -0.05) is 26.8 Å². The fourth-order valence-corrected chi connectivity index (χ4v) is 18.1. The van der Waals surface area contributed by atoms with E-state index in [1.165, 1.54) is 0 Å². The van der Waals surface area contributed by atoms with Crippen LogP contribution in [0.4, 0.5) is 0 Å². The Morgan fingerprint density at radius 1 is 0.406 bits per heavy atom. The van der Waals surface area contributed by atoms with Gasteiger partial charge >= 0.3 is 5.97 Å². The van der Waals surface area contributed by atoms with Gasteiger partial charge in [0.15, 0.2) is 43.8 Å². The summed E-state index contributed by atoms with van der Waals surface area (Å²) in [6.07, 6.45) is -63.5. The van der Waals surface area contributed by atoms with Gasteiger partial charge < -0.3 is 184 Å². The minimum Gasteiger partial charge on any atom is -0.432 e. The third kappa shape index (κ3) is 13.9. The SMILES string of the molecule is C=C1CC23CCC4[C@](C)(C(=O)OC5OC(CO)C(O)C(OC6OC(CO)C(O)C(O)C6O)C5OC5OC(CO)C(O)C(O)C5O)CCC[C@@]4(C)[C@]2(C)CC[C@]1(OC1OC(CO)C(O)C(OC2OC(COC4OC(CO)C(O)C(O)C4O)C(O)C(O)C2O)C1OC1OC(CO)C(O)C(O)C1O)C3. The van der Waals surface area contributed by atoms with Crippen LogP contribution in [0.3, 0.4) is 0 Å². The molecule has 2 bridgehead atoms. The van der Waals surface area contributed by atoms with Gasteiger partial charge in [-0.3, -0.25) is 4.79 Å². The number of carbonyl (C=O) groups is 1. The zero-order chi connectivity index (χ0) is 73.7. The highest BCUT2D eigenvalue weighted by atomic mass is 16.8. The maximum absolute atomic E-state index is 15.6. The molecule has 0 aromatic rings. The van der Waals surface area contributed by atoms with Crippen molar-refractivity contribution in [2.45, 2.75) is 299 Å². The van der Waals surface area contributed by atoms with Gasteiger partial charge in [-0.15, -0.1) is 0 Å². The van der Waals surface area contributed by atoms with E-state index in [2.05, 4.69) is 20.4 Å². The lowest BCUT2D eigenvalue weighted by Gasteiger charge is -2.69. The first-order valence-corrected chi connectivity index (χ1v) is 34.3. The van der Waals surface area contributed by atoms with Gasteiger partial charge in [0, 0.05) is 0 Å². The molecule has 38 heteroatoms.